The van der Waals surface area contributed by atoms with Crippen LogP contribution in [0.4, 0.5) is 0 Å². The van der Waals surface area contributed by atoms with Crippen molar-refractivity contribution in [2.45, 2.75) is 45.4 Å². The maximum absolute atomic E-state index is 12.4. The van der Waals surface area contributed by atoms with E-state index < -0.39 is 5.97 Å². The van der Waals surface area contributed by atoms with E-state index in [0.29, 0.717) is 18.2 Å². The minimum atomic E-state index is -0.399. The average Bonchev–Trinajstić information content (AvgIpc) is 3.25. The van der Waals surface area contributed by atoms with E-state index in [1.165, 1.54) is 0 Å². The number of nitrogens with zero attached hydrogens (tertiary/aromatic N) is 2. The largest absolute Gasteiger partial charge is 0.455 e. The molecule has 24 heavy (non-hydrogen) atoms. The molecule has 1 aliphatic heterocycles. The maximum atomic E-state index is 12.4. The van der Waals surface area contributed by atoms with E-state index in [1.54, 1.807) is 23.0 Å². The van der Waals surface area contributed by atoms with Gasteiger partial charge in [0, 0.05) is 30.3 Å². The van der Waals surface area contributed by atoms with Crippen molar-refractivity contribution in [1.29, 1.82) is 0 Å². The second-order valence-corrected chi connectivity index (χ2v) is 7.21. The summed E-state index contributed by atoms with van der Waals surface area (Å²) in [7, 11) is 0. The first-order chi connectivity index (χ1) is 11.6. The molecule has 1 aliphatic carbocycles. The van der Waals surface area contributed by atoms with Crippen LogP contribution in [-0.4, -0.2) is 34.6 Å². The first-order valence-electron chi connectivity index (χ1n) is 8.44. The normalized spacial score (nSPS) is 28.0. The predicted octanol–water partition coefficient (Wildman–Crippen LogP) is 2.88. The Morgan fingerprint density at radius 2 is 2.33 bits per heavy atom. The van der Waals surface area contributed by atoms with Gasteiger partial charge in [0.1, 0.15) is 11.9 Å². The molecule has 0 aromatic carbocycles. The molecule has 3 unspecified atom stereocenters. The molecular weight excluding hydrogens is 308 g/mol. The summed E-state index contributed by atoms with van der Waals surface area (Å²) in [6.07, 6.45) is 5.71. The lowest BCUT2D eigenvalue weighted by atomic mass is 9.57. The summed E-state index contributed by atoms with van der Waals surface area (Å²) in [5.41, 5.74) is -0.148. The Balaban J connectivity index is 1.42. The molecule has 0 radical (unpaired) electrons. The second-order valence-electron chi connectivity index (χ2n) is 7.21. The molecule has 2 aromatic rings. The monoisotopic (exact) mass is 330 g/mol. The van der Waals surface area contributed by atoms with Crippen LogP contribution in [0.25, 0.3) is 0 Å². The lowest BCUT2D eigenvalue weighted by molar-refractivity contribution is -0.243. The van der Waals surface area contributed by atoms with Crippen molar-refractivity contribution < 1.29 is 18.7 Å². The van der Waals surface area contributed by atoms with Crippen molar-refractivity contribution in [3.8, 4) is 0 Å². The molecule has 1 saturated carbocycles. The fraction of sp³-hybridized carbons (Fsp3) is 0.556. The number of aromatic nitrogens is 2. The number of hydrogen-bond donors (Lipinski definition) is 0. The van der Waals surface area contributed by atoms with Crippen LogP contribution in [0.1, 0.15) is 43.0 Å². The van der Waals surface area contributed by atoms with Crippen LogP contribution in [0.15, 0.2) is 35.0 Å². The average molecular weight is 330 g/mol. The minimum absolute atomic E-state index is 0.116. The Hall–Kier alpha value is -2.08. The first-order valence-corrected chi connectivity index (χ1v) is 8.44. The number of hydrogen-bond acceptors (Lipinski definition) is 5. The number of rotatable bonds is 4. The van der Waals surface area contributed by atoms with Crippen molar-refractivity contribution in [3.05, 3.63) is 42.1 Å². The smallest absolute Gasteiger partial charge is 0.374 e. The van der Waals surface area contributed by atoms with E-state index in [-0.39, 0.29) is 23.4 Å². The topological polar surface area (TPSA) is 66.5 Å². The summed E-state index contributed by atoms with van der Waals surface area (Å²) in [6, 6.07) is 5.30. The van der Waals surface area contributed by atoms with Gasteiger partial charge >= 0.3 is 5.97 Å². The van der Waals surface area contributed by atoms with Gasteiger partial charge in [-0.2, -0.15) is 5.10 Å². The summed E-state index contributed by atoms with van der Waals surface area (Å²) in [4.78, 5) is 12.4. The third kappa shape index (κ3) is 2.55. The van der Waals surface area contributed by atoms with E-state index in [0.717, 1.165) is 19.4 Å². The van der Waals surface area contributed by atoms with Crippen molar-refractivity contribution in [2.24, 2.45) is 11.3 Å². The second kappa shape index (κ2) is 5.77. The summed E-state index contributed by atoms with van der Waals surface area (Å²) in [6.45, 7) is 5.50. The molecule has 2 aromatic heterocycles. The maximum Gasteiger partial charge on any atom is 0.374 e. The molecular formula is C18H22N2O4. The van der Waals surface area contributed by atoms with Gasteiger partial charge in [-0.25, -0.2) is 4.79 Å². The summed E-state index contributed by atoms with van der Waals surface area (Å²) >= 11 is 0. The third-order valence-corrected chi connectivity index (χ3v) is 5.20. The van der Waals surface area contributed by atoms with Gasteiger partial charge in [-0.3, -0.25) is 4.68 Å². The summed E-state index contributed by atoms with van der Waals surface area (Å²) in [5, 5.41) is 4.13. The third-order valence-electron chi connectivity index (χ3n) is 5.20. The Labute approximate surface area is 140 Å². The Kier molecular flexibility index (Phi) is 3.72. The Bertz CT molecular complexity index is 719. The van der Waals surface area contributed by atoms with E-state index in [2.05, 4.69) is 18.9 Å². The Morgan fingerprint density at radius 3 is 3.12 bits per heavy atom. The Morgan fingerprint density at radius 1 is 1.46 bits per heavy atom. The summed E-state index contributed by atoms with van der Waals surface area (Å²) < 4.78 is 19.0. The molecule has 0 amide bonds. The molecule has 2 aliphatic rings. The van der Waals surface area contributed by atoms with E-state index >= 15 is 0 Å². The predicted molar refractivity (Wildman–Crippen MR) is 85.5 cm³/mol. The van der Waals surface area contributed by atoms with Crippen LogP contribution < -0.4 is 0 Å². The highest BCUT2D eigenvalue weighted by molar-refractivity contribution is 5.86. The zero-order valence-electron chi connectivity index (χ0n) is 14.0. The van der Waals surface area contributed by atoms with Crippen LogP contribution in [-0.2, 0) is 16.0 Å². The zero-order valence-corrected chi connectivity index (χ0v) is 14.0. The molecule has 3 atom stereocenters. The van der Waals surface area contributed by atoms with Gasteiger partial charge in [0.05, 0.1) is 12.6 Å². The van der Waals surface area contributed by atoms with Gasteiger partial charge in [-0.1, -0.05) is 13.8 Å². The van der Waals surface area contributed by atoms with Gasteiger partial charge in [0.15, 0.2) is 0 Å². The highest BCUT2D eigenvalue weighted by atomic mass is 16.6. The van der Waals surface area contributed by atoms with Crippen LogP contribution in [0, 0.1) is 11.3 Å². The number of carbonyl (C=O) groups is 1. The number of carbonyl (C=O) groups excluding carboxylic acids is 1. The highest BCUT2D eigenvalue weighted by Gasteiger charge is 2.60. The van der Waals surface area contributed by atoms with Crippen molar-refractivity contribution >= 4 is 5.97 Å². The molecule has 0 spiro atoms. The van der Waals surface area contributed by atoms with E-state index in [9.17, 15) is 4.79 Å². The molecule has 4 rings (SSSR count). The lowest BCUT2D eigenvalue weighted by Gasteiger charge is -2.58. The zero-order chi connectivity index (χ0) is 16.7. The molecule has 128 valence electrons. The van der Waals surface area contributed by atoms with Crippen LogP contribution in [0.2, 0.25) is 0 Å². The number of esters is 1. The van der Waals surface area contributed by atoms with Gasteiger partial charge in [0.2, 0.25) is 5.76 Å². The van der Waals surface area contributed by atoms with Crippen molar-refractivity contribution in [3.63, 3.8) is 0 Å². The minimum Gasteiger partial charge on any atom is -0.455 e. The van der Waals surface area contributed by atoms with Gasteiger partial charge in [0.25, 0.3) is 0 Å². The van der Waals surface area contributed by atoms with Crippen LogP contribution in [0.3, 0.4) is 0 Å². The highest BCUT2D eigenvalue weighted by Crippen LogP contribution is 2.53. The van der Waals surface area contributed by atoms with Gasteiger partial charge in [-0.15, -0.1) is 0 Å². The molecule has 0 bridgehead atoms. The van der Waals surface area contributed by atoms with Gasteiger partial charge < -0.3 is 13.9 Å². The lowest BCUT2D eigenvalue weighted by Crippen LogP contribution is -2.65. The number of furan rings is 1. The molecule has 0 N–H and O–H groups in total. The van der Waals surface area contributed by atoms with Crippen LogP contribution >= 0.6 is 0 Å². The number of fused-ring (bicyclic) bond motifs is 1. The molecule has 2 fully saturated rings. The van der Waals surface area contributed by atoms with Crippen LogP contribution in [0.5, 0.6) is 0 Å². The fourth-order valence-corrected chi connectivity index (χ4v) is 4.01. The fourth-order valence-electron chi connectivity index (χ4n) is 4.01. The van der Waals surface area contributed by atoms with E-state index in [1.807, 2.05) is 12.3 Å². The first kappa shape index (κ1) is 15.4. The van der Waals surface area contributed by atoms with Crippen molar-refractivity contribution in [1.82, 2.24) is 9.78 Å². The van der Waals surface area contributed by atoms with E-state index in [4.69, 9.17) is 13.9 Å². The standard InChI is InChI=1S/C18H22N2O4/c1-18(2)15-13(5-3-10-22-15)16(18)24-17(21)14-7-6-12(23-14)11-20-9-4-8-19-20/h4,6-9,13,15-16H,3,5,10-11H2,1-2H3. The molecule has 6 nitrogen and oxygen atoms in total. The quantitative estimate of drug-likeness (QED) is 0.807. The molecule has 6 heteroatoms. The van der Waals surface area contributed by atoms with Gasteiger partial charge in [-0.05, 0) is 31.0 Å². The summed E-state index contributed by atoms with van der Waals surface area (Å²) in [5.74, 6) is 0.825. The number of ether oxygens (including phenoxy) is 2. The molecule has 1 saturated heterocycles. The van der Waals surface area contributed by atoms with Crippen molar-refractivity contribution in [2.75, 3.05) is 6.61 Å². The SMILES string of the molecule is CC1(C)C2OCCCC2C1OC(=O)c1ccc(Cn2cccn2)o1. The molecule has 3 heterocycles.